The fourth-order valence-corrected chi connectivity index (χ4v) is 2.04. The normalized spacial score (nSPS) is 16.9. The number of rotatable bonds is 2. The highest BCUT2D eigenvalue weighted by Crippen LogP contribution is 2.50. The summed E-state index contributed by atoms with van der Waals surface area (Å²) in [5.41, 5.74) is 0.551. The van der Waals surface area contributed by atoms with Crippen molar-refractivity contribution < 1.29 is 9.84 Å². The summed E-state index contributed by atoms with van der Waals surface area (Å²) in [4.78, 5) is 0. The van der Waals surface area contributed by atoms with Gasteiger partial charge >= 0.3 is 0 Å². The lowest BCUT2D eigenvalue weighted by atomic mass is 9.97. The molecule has 1 aliphatic carbocycles. The van der Waals surface area contributed by atoms with Gasteiger partial charge in [0.05, 0.1) is 23.1 Å². The summed E-state index contributed by atoms with van der Waals surface area (Å²) in [5.74, 6) is 0.482. The van der Waals surface area contributed by atoms with Crippen molar-refractivity contribution >= 4 is 15.9 Å². The van der Waals surface area contributed by atoms with E-state index in [1.54, 1.807) is 12.1 Å². The molecule has 78 valence electrons. The number of hydrogen-bond acceptors (Lipinski definition) is 3. The summed E-state index contributed by atoms with van der Waals surface area (Å²) in [5, 5.41) is 18.7. The fourth-order valence-electron chi connectivity index (χ4n) is 1.60. The van der Waals surface area contributed by atoms with Gasteiger partial charge in [0.15, 0.2) is 11.5 Å². The molecule has 0 saturated heterocycles. The third-order valence-electron chi connectivity index (χ3n) is 2.76. The first-order valence-corrected chi connectivity index (χ1v) is 5.40. The van der Waals surface area contributed by atoms with Crippen LogP contribution in [-0.4, -0.2) is 12.2 Å². The van der Waals surface area contributed by atoms with Crippen LogP contribution >= 0.6 is 15.9 Å². The Hall–Kier alpha value is -1.21. The monoisotopic (exact) mass is 267 g/mol. The molecule has 0 radical (unpaired) electrons. The van der Waals surface area contributed by atoms with Crippen LogP contribution in [0.15, 0.2) is 16.6 Å². The summed E-state index contributed by atoms with van der Waals surface area (Å²) in [6.45, 7) is 0. The van der Waals surface area contributed by atoms with E-state index in [-0.39, 0.29) is 11.2 Å². The number of aromatic hydroxyl groups is 1. The quantitative estimate of drug-likeness (QED) is 0.897. The predicted octanol–water partition coefficient (Wildman–Crippen LogP) is 2.72. The predicted molar refractivity (Wildman–Crippen MR) is 58.9 cm³/mol. The molecule has 0 spiro atoms. The van der Waals surface area contributed by atoms with E-state index in [4.69, 9.17) is 10.00 Å². The summed E-state index contributed by atoms with van der Waals surface area (Å²) in [7, 11) is 1.50. The van der Waals surface area contributed by atoms with Crippen molar-refractivity contribution in [3.8, 4) is 17.6 Å². The molecule has 15 heavy (non-hydrogen) atoms. The standard InChI is InChI=1S/C11H10BrNO2/c1-15-9-5-7(4-8(12)10(9)14)11(6-13)2-3-11/h4-5,14H,2-3H2,1H3. The summed E-state index contributed by atoms with van der Waals surface area (Å²) < 4.78 is 5.61. The van der Waals surface area contributed by atoms with Crippen LogP contribution in [0.5, 0.6) is 11.5 Å². The number of ether oxygens (including phenoxy) is 1. The molecule has 1 aromatic carbocycles. The van der Waals surface area contributed by atoms with Gasteiger partial charge in [-0.15, -0.1) is 0 Å². The Kier molecular flexibility index (Phi) is 2.35. The van der Waals surface area contributed by atoms with Gasteiger partial charge in [-0.25, -0.2) is 0 Å². The molecule has 0 aromatic heterocycles. The molecule has 0 unspecified atom stereocenters. The number of nitriles is 1. The molecule has 0 aliphatic heterocycles. The van der Waals surface area contributed by atoms with Crippen LogP contribution in [0.2, 0.25) is 0 Å². The number of nitrogens with zero attached hydrogens (tertiary/aromatic N) is 1. The van der Waals surface area contributed by atoms with Gasteiger partial charge in [-0.1, -0.05) is 0 Å². The minimum absolute atomic E-state index is 0.0787. The molecule has 0 atom stereocenters. The second kappa shape index (κ2) is 3.42. The number of halogens is 1. The second-order valence-corrected chi connectivity index (χ2v) is 4.56. The molecule has 1 N–H and O–H groups in total. The van der Waals surface area contributed by atoms with Gasteiger partial charge in [-0.3, -0.25) is 0 Å². The first kappa shape index (κ1) is 10.3. The highest BCUT2D eigenvalue weighted by molar-refractivity contribution is 9.10. The number of methoxy groups -OCH3 is 1. The van der Waals surface area contributed by atoms with Crippen LogP contribution in [0.3, 0.4) is 0 Å². The third kappa shape index (κ3) is 1.57. The lowest BCUT2D eigenvalue weighted by Crippen LogP contribution is -2.03. The summed E-state index contributed by atoms with van der Waals surface area (Å²) >= 11 is 3.25. The average molecular weight is 268 g/mol. The van der Waals surface area contributed by atoms with Gasteiger partial charge in [-0.05, 0) is 46.5 Å². The van der Waals surface area contributed by atoms with Crippen molar-refractivity contribution in [3.63, 3.8) is 0 Å². The van der Waals surface area contributed by atoms with Crippen LogP contribution in [0.1, 0.15) is 18.4 Å². The maximum atomic E-state index is 9.63. The molecule has 1 aliphatic rings. The molecule has 4 heteroatoms. The zero-order valence-electron chi connectivity index (χ0n) is 8.25. The van der Waals surface area contributed by atoms with Crippen molar-refractivity contribution in [2.45, 2.75) is 18.3 Å². The number of phenols is 1. The molecule has 0 bridgehead atoms. The molecule has 0 heterocycles. The third-order valence-corrected chi connectivity index (χ3v) is 3.37. The Morgan fingerprint density at radius 2 is 2.20 bits per heavy atom. The molecule has 0 amide bonds. The Balaban J connectivity index is 2.52. The van der Waals surface area contributed by atoms with E-state index in [1.165, 1.54) is 7.11 Å². The van der Waals surface area contributed by atoms with E-state index in [1.807, 2.05) is 0 Å². The van der Waals surface area contributed by atoms with Gasteiger partial charge in [0.2, 0.25) is 0 Å². The van der Waals surface area contributed by atoms with E-state index in [9.17, 15) is 5.11 Å². The maximum Gasteiger partial charge on any atom is 0.172 e. The topological polar surface area (TPSA) is 53.2 Å². The van der Waals surface area contributed by atoms with Gasteiger partial charge < -0.3 is 9.84 Å². The number of phenolic OH excluding ortho intramolecular Hbond substituents is 1. The molecule has 1 aromatic rings. The van der Waals surface area contributed by atoms with Crippen LogP contribution in [0.4, 0.5) is 0 Å². The summed E-state index contributed by atoms with van der Waals surface area (Å²) in [6, 6.07) is 5.83. The average Bonchev–Trinajstić information content (AvgIpc) is 3.02. The van der Waals surface area contributed by atoms with Crippen molar-refractivity contribution in [1.82, 2.24) is 0 Å². The van der Waals surface area contributed by atoms with Crippen molar-refractivity contribution in [2.75, 3.05) is 7.11 Å². The zero-order chi connectivity index (χ0) is 11.1. The Morgan fingerprint density at radius 3 is 2.67 bits per heavy atom. The van der Waals surface area contributed by atoms with E-state index in [2.05, 4.69) is 22.0 Å². The second-order valence-electron chi connectivity index (χ2n) is 3.70. The first-order chi connectivity index (χ1) is 7.13. The van der Waals surface area contributed by atoms with Crippen molar-refractivity contribution in [1.29, 1.82) is 5.26 Å². The fraction of sp³-hybridized carbons (Fsp3) is 0.364. The first-order valence-electron chi connectivity index (χ1n) is 4.61. The minimum Gasteiger partial charge on any atom is -0.503 e. The largest absolute Gasteiger partial charge is 0.503 e. The minimum atomic E-state index is -0.358. The number of benzene rings is 1. The van der Waals surface area contributed by atoms with Gasteiger partial charge in [0.25, 0.3) is 0 Å². The molecule has 1 fully saturated rings. The van der Waals surface area contributed by atoms with Crippen molar-refractivity contribution in [3.05, 3.63) is 22.2 Å². The zero-order valence-corrected chi connectivity index (χ0v) is 9.84. The lowest BCUT2D eigenvalue weighted by molar-refractivity contribution is 0.371. The van der Waals surface area contributed by atoms with E-state index in [0.717, 1.165) is 18.4 Å². The van der Waals surface area contributed by atoms with Gasteiger partial charge in [0.1, 0.15) is 0 Å². The van der Waals surface area contributed by atoms with Crippen LogP contribution in [-0.2, 0) is 5.41 Å². The lowest BCUT2D eigenvalue weighted by Gasteiger charge is -2.11. The molecule has 1 saturated carbocycles. The highest BCUT2D eigenvalue weighted by Gasteiger charge is 2.45. The van der Waals surface area contributed by atoms with Crippen molar-refractivity contribution in [2.24, 2.45) is 0 Å². The van der Waals surface area contributed by atoms with E-state index >= 15 is 0 Å². The Morgan fingerprint density at radius 1 is 1.53 bits per heavy atom. The van der Waals surface area contributed by atoms with Gasteiger partial charge in [0, 0.05) is 0 Å². The Labute approximate surface area is 96.4 Å². The summed E-state index contributed by atoms with van der Waals surface area (Å²) in [6.07, 6.45) is 1.76. The molecular weight excluding hydrogens is 258 g/mol. The molecular formula is C11H10BrNO2. The maximum absolute atomic E-state index is 9.63. The molecule has 3 nitrogen and oxygen atoms in total. The number of hydrogen-bond donors (Lipinski definition) is 1. The van der Waals surface area contributed by atoms with E-state index in [0.29, 0.717) is 10.2 Å². The van der Waals surface area contributed by atoms with E-state index < -0.39 is 0 Å². The highest BCUT2D eigenvalue weighted by atomic mass is 79.9. The van der Waals surface area contributed by atoms with Crippen LogP contribution in [0.25, 0.3) is 0 Å². The van der Waals surface area contributed by atoms with Gasteiger partial charge in [-0.2, -0.15) is 5.26 Å². The SMILES string of the molecule is COc1cc(C2(C#N)CC2)cc(Br)c1O. The Bertz CT molecular complexity index is 447. The van der Waals surface area contributed by atoms with Crippen LogP contribution in [0, 0.1) is 11.3 Å². The van der Waals surface area contributed by atoms with Crippen LogP contribution < -0.4 is 4.74 Å². The smallest absolute Gasteiger partial charge is 0.172 e. The molecule has 2 rings (SSSR count).